The van der Waals surface area contributed by atoms with E-state index in [0.717, 1.165) is 17.0 Å². The van der Waals surface area contributed by atoms with Crippen LogP contribution in [-0.2, 0) is 0 Å². The first kappa shape index (κ1) is 17.5. The zero-order valence-electron chi connectivity index (χ0n) is 14.9. The largest absolute Gasteiger partial charge is 0.493 e. The Morgan fingerprint density at radius 2 is 1.76 bits per heavy atom. The van der Waals surface area contributed by atoms with Crippen molar-refractivity contribution in [2.75, 3.05) is 12.4 Å². The van der Waals surface area contributed by atoms with E-state index in [-0.39, 0.29) is 5.24 Å². The van der Waals surface area contributed by atoms with Crippen LogP contribution in [0.15, 0.2) is 48.5 Å². The third kappa shape index (κ3) is 4.20. The minimum atomic E-state index is -0.302. The Kier molecular flexibility index (Phi) is 4.82. The highest BCUT2D eigenvalue weighted by atomic mass is 31.0. The lowest BCUT2D eigenvalue weighted by Gasteiger charge is -2.21. The highest BCUT2D eigenvalue weighted by Crippen LogP contribution is 2.25. The number of ether oxygens (including phenoxy) is 1. The van der Waals surface area contributed by atoms with Crippen molar-refractivity contribution < 1.29 is 4.74 Å². The van der Waals surface area contributed by atoms with Crippen molar-refractivity contribution in [3.05, 3.63) is 54.1 Å². The molecule has 128 valence electrons. The van der Waals surface area contributed by atoms with Crippen LogP contribution >= 0.6 is 9.24 Å². The molecular formula is C18H22BN4OP. The SMILES string of the molecule is BC(C)(P)Oc1ccc(-n2nc(-c3ccc(C)cc3)nc2NC)cc1. The predicted octanol–water partition coefficient (Wildman–Crippen LogP) is 2.85. The molecule has 0 amide bonds. The van der Waals surface area contributed by atoms with Crippen molar-refractivity contribution in [1.82, 2.24) is 14.8 Å². The lowest BCUT2D eigenvalue weighted by molar-refractivity contribution is 0.268. The topological polar surface area (TPSA) is 52.0 Å². The van der Waals surface area contributed by atoms with Gasteiger partial charge in [0.05, 0.1) is 10.9 Å². The highest BCUT2D eigenvalue weighted by molar-refractivity contribution is 7.21. The molecule has 2 atom stereocenters. The Hall–Kier alpha value is -2.33. The number of anilines is 1. The first-order chi connectivity index (χ1) is 11.9. The molecule has 0 spiro atoms. The number of aryl methyl sites for hydroxylation is 1. The summed E-state index contributed by atoms with van der Waals surface area (Å²) < 4.78 is 7.63. The summed E-state index contributed by atoms with van der Waals surface area (Å²) in [6.07, 6.45) is 0. The first-order valence-electron chi connectivity index (χ1n) is 8.16. The number of nitrogens with one attached hydrogen (secondary N) is 1. The Bertz CT molecular complexity index is 854. The number of hydrogen-bond donors (Lipinski definition) is 1. The molecular weight excluding hydrogens is 330 g/mol. The number of rotatable bonds is 5. The van der Waals surface area contributed by atoms with Crippen LogP contribution in [0.5, 0.6) is 5.75 Å². The van der Waals surface area contributed by atoms with Gasteiger partial charge in [-0.1, -0.05) is 29.8 Å². The summed E-state index contributed by atoms with van der Waals surface area (Å²) in [5.41, 5.74) is 3.12. The van der Waals surface area contributed by atoms with E-state index in [4.69, 9.17) is 4.74 Å². The van der Waals surface area contributed by atoms with E-state index in [2.05, 4.69) is 43.7 Å². The van der Waals surface area contributed by atoms with Crippen LogP contribution < -0.4 is 10.1 Å². The molecule has 1 heterocycles. The van der Waals surface area contributed by atoms with E-state index in [1.54, 1.807) is 4.68 Å². The lowest BCUT2D eigenvalue weighted by Crippen LogP contribution is -2.23. The molecule has 0 aliphatic rings. The molecule has 0 aliphatic carbocycles. The van der Waals surface area contributed by atoms with Gasteiger partial charge in [-0.25, -0.2) is 0 Å². The summed E-state index contributed by atoms with van der Waals surface area (Å²) in [4.78, 5) is 4.59. The molecule has 0 aliphatic heterocycles. The van der Waals surface area contributed by atoms with E-state index in [1.165, 1.54) is 5.56 Å². The van der Waals surface area contributed by atoms with Gasteiger partial charge < -0.3 is 10.1 Å². The number of aromatic nitrogens is 3. The highest BCUT2D eigenvalue weighted by Gasteiger charge is 2.14. The standard InChI is InChI=1S/C18H22BN4OP/c1-12-4-6-13(7-5-12)16-21-17(20-3)23(22-16)14-8-10-15(11-9-14)24-18(2,19)25/h4-11H,19,25H2,1-3H3,(H,20,21,22). The number of hydrogen-bond acceptors (Lipinski definition) is 4. The molecule has 0 radical (unpaired) electrons. The molecule has 3 aromatic rings. The summed E-state index contributed by atoms with van der Waals surface area (Å²) in [7, 11) is 6.51. The van der Waals surface area contributed by atoms with E-state index >= 15 is 0 Å². The summed E-state index contributed by atoms with van der Waals surface area (Å²) in [5.74, 6) is 2.19. The van der Waals surface area contributed by atoms with Gasteiger partial charge in [-0.05, 0) is 38.1 Å². The second kappa shape index (κ2) is 6.89. The second-order valence-electron chi connectivity index (χ2n) is 6.49. The molecule has 3 rings (SSSR count). The van der Waals surface area contributed by atoms with Gasteiger partial charge >= 0.3 is 0 Å². The van der Waals surface area contributed by atoms with Crippen molar-refractivity contribution in [1.29, 1.82) is 0 Å². The van der Waals surface area contributed by atoms with Gasteiger partial charge in [-0.2, -0.15) is 9.67 Å². The molecule has 7 heteroatoms. The quantitative estimate of drug-likeness (QED) is 0.567. The fourth-order valence-electron chi connectivity index (χ4n) is 2.44. The fraction of sp³-hybridized carbons (Fsp3) is 0.222. The third-order valence-corrected chi connectivity index (χ3v) is 3.72. The van der Waals surface area contributed by atoms with Gasteiger partial charge in [0.15, 0.2) is 13.7 Å². The normalized spacial score (nSPS) is 13.3. The summed E-state index contributed by atoms with van der Waals surface area (Å²) in [5, 5.41) is 7.45. The lowest BCUT2D eigenvalue weighted by atomic mass is 10.0. The van der Waals surface area contributed by atoms with Gasteiger partial charge in [0, 0.05) is 12.6 Å². The van der Waals surface area contributed by atoms with Crippen LogP contribution in [0.25, 0.3) is 17.1 Å². The monoisotopic (exact) mass is 352 g/mol. The van der Waals surface area contributed by atoms with Gasteiger partial charge in [0.2, 0.25) is 5.95 Å². The van der Waals surface area contributed by atoms with E-state index in [0.29, 0.717) is 11.8 Å². The van der Waals surface area contributed by atoms with E-state index in [9.17, 15) is 0 Å². The van der Waals surface area contributed by atoms with Crippen molar-refractivity contribution in [2.24, 2.45) is 0 Å². The molecule has 0 bridgehead atoms. The smallest absolute Gasteiger partial charge is 0.226 e. The molecule has 0 saturated carbocycles. The van der Waals surface area contributed by atoms with Crippen LogP contribution in [-0.4, -0.2) is 34.9 Å². The molecule has 0 saturated heterocycles. The van der Waals surface area contributed by atoms with Gasteiger partial charge in [0.1, 0.15) is 5.75 Å². The fourth-order valence-corrected chi connectivity index (χ4v) is 2.57. The molecule has 1 N–H and O–H groups in total. The van der Waals surface area contributed by atoms with Crippen molar-refractivity contribution in [2.45, 2.75) is 19.1 Å². The minimum absolute atomic E-state index is 0.302. The van der Waals surface area contributed by atoms with E-state index in [1.807, 2.05) is 58.2 Å². The Morgan fingerprint density at radius 3 is 2.32 bits per heavy atom. The van der Waals surface area contributed by atoms with Gasteiger partial charge in [-0.3, -0.25) is 0 Å². The van der Waals surface area contributed by atoms with Crippen molar-refractivity contribution in [3.63, 3.8) is 0 Å². The molecule has 5 nitrogen and oxygen atoms in total. The van der Waals surface area contributed by atoms with Crippen molar-refractivity contribution in [3.8, 4) is 22.8 Å². The molecule has 2 unspecified atom stereocenters. The maximum Gasteiger partial charge on any atom is 0.226 e. The van der Waals surface area contributed by atoms with Gasteiger partial charge in [0.25, 0.3) is 0 Å². The maximum atomic E-state index is 5.84. The number of nitrogens with zero attached hydrogens (tertiary/aromatic N) is 3. The average Bonchev–Trinajstić information content (AvgIpc) is 2.99. The van der Waals surface area contributed by atoms with E-state index < -0.39 is 0 Å². The van der Waals surface area contributed by atoms with Crippen LogP contribution in [0.4, 0.5) is 5.95 Å². The van der Waals surface area contributed by atoms with Crippen LogP contribution in [0.2, 0.25) is 0 Å². The van der Waals surface area contributed by atoms with Crippen molar-refractivity contribution >= 4 is 23.0 Å². The Labute approximate surface area is 151 Å². The Morgan fingerprint density at radius 1 is 1.12 bits per heavy atom. The molecule has 1 aromatic heterocycles. The minimum Gasteiger partial charge on any atom is -0.493 e. The third-order valence-electron chi connectivity index (χ3n) is 3.60. The summed E-state index contributed by atoms with van der Waals surface area (Å²) >= 11 is 0. The van der Waals surface area contributed by atoms with Crippen LogP contribution in [0.3, 0.4) is 0 Å². The Balaban J connectivity index is 1.93. The number of benzene rings is 2. The second-order valence-corrected chi connectivity index (χ2v) is 7.88. The average molecular weight is 352 g/mol. The summed E-state index contributed by atoms with van der Waals surface area (Å²) in [6.45, 7) is 4.06. The zero-order chi connectivity index (χ0) is 18.0. The van der Waals surface area contributed by atoms with Gasteiger partial charge in [-0.15, -0.1) is 14.3 Å². The predicted molar refractivity (Wildman–Crippen MR) is 108 cm³/mol. The molecule has 25 heavy (non-hydrogen) atoms. The van der Waals surface area contributed by atoms with Crippen LogP contribution in [0.1, 0.15) is 12.5 Å². The maximum absolute atomic E-state index is 5.84. The zero-order valence-corrected chi connectivity index (χ0v) is 16.1. The molecule has 0 fully saturated rings. The first-order valence-corrected chi connectivity index (χ1v) is 8.74. The molecule has 2 aromatic carbocycles. The van der Waals surface area contributed by atoms with Crippen LogP contribution in [0, 0.1) is 6.92 Å². The summed E-state index contributed by atoms with van der Waals surface area (Å²) in [6, 6.07) is 16.0.